The standard InChI is InChI=1S/C13H26N2OSi/c1-5-6-10-13(11-8-7-9-12-14)15-16-17(2,3)4/h5-11H2,1-4H3/b15-13+. The summed E-state index contributed by atoms with van der Waals surface area (Å²) in [5.74, 6) is 0. The first-order chi connectivity index (χ1) is 7.99. The number of hydrogen-bond donors (Lipinski definition) is 0. The normalized spacial score (nSPS) is 12.3. The summed E-state index contributed by atoms with van der Waals surface area (Å²) in [5.41, 5.74) is 1.17. The van der Waals surface area contributed by atoms with Crippen LogP contribution in [0.15, 0.2) is 5.16 Å². The third-order valence-electron chi connectivity index (χ3n) is 2.27. The van der Waals surface area contributed by atoms with Crippen molar-refractivity contribution in [1.29, 1.82) is 5.26 Å². The van der Waals surface area contributed by atoms with Gasteiger partial charge in [-0.05, 0) is 51.7 Å². The molecule has 0 N–H and O–H groups in total. The maximum absolute atomic E-state index is 8.48. The van der Waals surface area contributed by atoms with Crippen molar-refractivity contribution in [1.82, 2.24) is 0 Å². The summed E-state index contributed by atoms with van der Waals surface area (Å²) in [6.07, 6.45) is 7.03. The Kier molecular flexibility index (Phi) is 8.79. The molecule has 0 spiro atoms. The molecule has 0 aliphatic heterocycles. The molecule has 0 amide bonds. The predicted octanol–water partition coefficient (Wildman–Crippen LogP) is 4.47. The summed E-state index contributed by atoms with van der Waals surface area (Å²) < 4.78 is 5.61. The van der Waals surface area contributed by atoms with Gasteiger partial charge >= 0.3 is 0 Å². The van der Waals surface area contributed by atoms with Gasteiger partial charge in [0.2, 0.25) is 0 Å². The van der Waals surface area contributed by atoms with Crippen LogP contribution < -0.4 is 0 Å². The molecule has 0 fully saturated rings. The van der Waals surface area contributed by atoms with Crippen molar-refractivity contribution in [2.24, 2.45) is 5.16 Å². The van der Waals surface area contributed by atoms with Crippen LogP contribution >= 0.6 is 0 Å². The number of nitriles is 1. The Morgan fingerprint density at radius 2 is 1.82 bits per heavy atom. The molecule has 98 valence electrons. The fourth-order valence-corrected chi connectivity index (χ4v) is 1.73. The first-order valence-electron chi connectivity index (χ1n) is 6.60. The van der Waals surface area contributed by atoms with E-state index in [-0.39, 0.29) is 0 Å². The zero-order valence-electron chi connectivity index (χ0n) is 11.8. The van der Waals surface area contributed by atoms with Crippen LogP contribution in [0.2, 0.25) is 19.6 Å². The molecule has 0 radical (unpaired) electrons. The van der Waals surface area contributed by atoms with E-state index in [0.29, 0.717) is 6.42 Å². The predicted molar refractivity (Wildman–Crippen MR) is 75.5 cm³/mol. The van der Waals surface area contributed by atoms with Crippen LogP contribution in [0, 0.1) is 11.3 Å². The van der Waals surface area contributed by atoms with Crippen molar-refractivity contribution >= 4 is 14.0 Å². The molecule has 0 atom stereocenters. The highest BCUT2D eigenvalue weighted by Gasteiger charge is 2.16. The second-order valence-corrected chi connectivity index (χ2v) is 9.74. The summed E-state index contributed by atoms with van der Waals surface area (Å²) in [6.45, 7) is 8.61. The van der Waals surface area contributed by atoms with E-state index < -0.39 is 8.32 Å². The van der Waals surface area contributed by atoms with E-state index in [4.69, 9.17) is 9.79 Å². The van der Waals surface area contributed by atoms with E-state index in [2.05, 4.69) is 37.8 Å². The lowest BCUT2D eigenvalue weighted by atomic mass is 10.1. The first-order valence-corrected chi connectivity index (χ1v) is 10.0. The van der Waals surface area contributed by atoms with Crippen LogP contribution in [0.5, 0.6) is 0 Å². The van der Waals surface area contributed by atoms with Crippen molar-refractivity contribution in [2.75, 3.05) is 0 Å². The molecule has 0 aromatic carbocycles. The Morgan fingerprint density at radius 3 is 2.35 bits per heavy atom. The minimum absolute atomic E-state index is 0.649. The maximum Gasteiger partial charge on any atom is 0.278 e. The van der Waals surface area contributed by atoms with Gasteiger partial charge in [-0.25, -0.2) is 0 Å². The summed E-state index contributed by atoms with van der Waals surface area (Å²) >= 11 is 0. The van der Waals surface area contributed by atoms with Gasteiger partial charge in [0.05, 0.1) is 11.8 Å². The summed E-state index contributed by atoms with van der Waals surface area (Å²) in [7, 11) is -1.55. The van der Waals surface area contributed by atoms with Crippen LogP contribution in [0.4, 0.5) is 0 Å². The lowest BCUT2D eigenvalue weighted by molar-refractivity contribution is 0.332. The van der Waals surface area contributed by atoms with Crippen molar-refractivity contribution in [3.05, 3.63) is 0 Å². The molecule has 4 heteroatoms. The number of nitrogens with zero attached hydrogens (tertiary/aromatic N) is 2. The Bertz CT molecular complexity index is 264. The van der Waals surface area contributed by atoms with Gasteiger partial charge in [-0.15, -0.1) is 5.16 Å². The molecule has 0 aromatic rings. The maximum atomic E-state index is 8.48. The second-order valence-electron chi connectivity index (χ2n) is 5.33. The van der Waals surface area contributed by atoms with E-state index in [1.807, 2.05) is 0 Å². The highest BCUT2D eigenvalue weighted by Crippen LogP contribution is 2.10. The number of unbranched alkanes of at least 4 members (excludes halogenated alkanes) is 3. The molecule has 0 bridgehead atoms. The van der Waals surface area contributed by atoms with Gasteiger partial charge in [0.25, 0.3) is 8.32 Å². The highest BCUT2D eigenvalue weighted by molar-refractivity contribution is 6.69. The van der Waals surface area contributed by atoms with Crippen molar-refractivity contribution < 1.29 is 4.53 Å². The summed E-state index contributed by atoms with van der Waals surface area (Å²) in [5, 5.41) is 12.8. The van der Waals surface area contributed by atoms with E-state index in [9.17, 15) is 0 Å². The monoisotopic (exact) mass is 254 g/mol. The van der Waals surface area contributed by atoms with Crippen molar-refractivity contribution in [3.8, 4) is 6.07 Å². The van der Waals surface area contributed by atoms with E-state index in [0.717, 1.165) is 25.7 Å². The largest absolute Gasteiger partial charge is 0.456 e. The molecule has 0 saturated carbocycles. The van der Waals surface area contributed by atoms with E-state index in [1.165, 1.54) is 18.6 Å². The minimum Gasteiger partial charge on any atom is -0.456 e. The quantitative estimate of drug-likeness (QED) is 0.264. The van der Waals surface area contributed by atoms with Crippen molar-refractivity contribution in [3.63, 3.8) is 0 Å². The Morgan fingerprint density at radius 1 is 1.18 bits per heavy atom. The molecule has 0 rings (SSSR count). The molecule has 0 aromatic heterocycles. The van der Waals surface area contributed by atoms with E-state index in [1.54, 1.807) is 0 Å². The van der Waals surface area contributed by atoms with Crippen LogP contribution in [0.25, 0.3) is 0 Å². The van der Waals surface area contributed by atoms with Crippen LogP contribution in [-0.4, -0.2) is 14.0 Å². The zero-order chi connectivity index (χ0) is 13.1. The summed E-state index contributed by atoms with van der Waals surface area (Å²) in [6, 6.07) is 2.18. The van der Waals surface area contributed by atoms with Gasteiger partial charge < -0.3 is 4.53 Å². The van der Waals surface area contributed by atoms with Crippen LogP contribution in [0.3, 0.4) is 0 Å². The SMILES string of the molecule is CCCC/C(CCCCC#N)=N\O[Si](C)(C)C. The van der Waals surface area contributed by atoms with Gasteiger partial charge in [0.15, 0.2) is 0 Å². The topological polar surface area (TPSA) is 45.4 Å². The van der Waals surface area contributed by atoms with E-state index >= 15 is 0 Å². The zero-order valence-corrected chi connectivity index (χ0v) is 12.8. The molecule has 17 heavy (non-hydrogen) atoms. The molecule has 0 heterocycles. The van der Waals surface area contributed by atoms with Gasteiger partial charge in [-0.2, -0.15) is 5.26 Å². The fourth-order valence-electron chi connectivity index (χ4n) is 1.33. The Hall–Kier alpha value is -0.823. The lowest BCUT2D eigenvalue weighted by Gasteiger charge is -2.15. The van der Waals surface area contributed by atoms with Gasteiger partial charge in [-0.3, -0.25) is 0 Å². The number of hydrogen-bond acceptors (Lipinski definition) is 3. The summed E-state index contributed by atoms with van der Waals surface area (Å²) in [4.78, 5) is 0. The minimum atomic E-state index is -1.55. The third-order valence-corrected chi connectivity index (χ3v) is 2.91. The fraction of sp³-hybridized carbons (Fsp3) is 0.846. The van der Waals surface area contributed by atoms with Gasteiger partial charge in [0, 0.05) is 6.42 Å². The smallest absolute Gasteiger partial charge is 0.278 e. The molecule has 0 aliphatic rings. The van der Waals surface area contributed by atoms with Crippen LogP contribution in [-0.2, 0) is 4.53 Å². The second kappa shape index (κ2) is 9.23. The molecular formula is C13H26N2OSi. The molecule has 0 saturated heterocycles. The molecule has 3 nitrogen and oxygen atoms in total. The van der Waals surface area contributed by atoms with Crippen LogP contribution in [0.1, 0.15) is 51.9 Å². The van der Waals surface area contributed by atoms with Crippen molar-refractivity contribution in [2.45, 2.75) is 71.5 Å². The molecule has 0 aliphatic carbocycles. The first kappa shape index (κ1) is 16.2. The molecular weight excluding hydrogens is 228 g/mol. The Balaban J connectivity index is 4.08. The number of oxime groups is 1. The average Bonchev–Trinajstić information content (AvgIpc) is 2.25. The average molecular weight is 254 g/mol. The Labute approximate surface area is 107 Å². The highest BCUT2D eigenvalue weighted by atomic mass is 28.4. The van der Waals surface area contributed by atoms with Gasteiger partial charge in [-0.1, -0.05) is 13.3 Å². The third kappa shape index (κ3) is 11.4. The van der Waals surface area contributed by atoms with Gasteiger partial charge in [0.1, 0.15) is 0 Å². The lowest BCUT2D eigenvalue weighted by Crippen LogP contribution is -2.23. The molecule has 0 unspecified atom stereocenters. The number of rotatable bonds is 9.